The largest absolute Gasteiger partial charge is 0.463 e. The van der Waals surface area contributed by atoms with Crippen LogP contribution in [0, 0.1) is 29.6 Å². The molecule has 3 fully saturated rings. The van der Waals surface area contributed by atoms with Gasteiger partial charge in [-0.15, -0.1) is 0 Å². The molecule has 17 nitrogen and oxygen atoms in total. The second-order valence-corrected chi connectivity index (χ2v) is 18.8. The number of cyclic esters (lactones) is 1. The number of esters is 4. The van der Waals surface area contributed by atoms with Crippen LogP contribution in [0.25, 0.3) is 0 Å². The first-order valence-corrected chi connectivity index (χ1v) is 23.7. The summed E-state index contributed by atoms with van der Waals surface area (Å²) in [6.07, 6.45) is -9.54. The molecule has 3 aliphatic rings. The molecule has 4 rings (SSSR count). The number of methoxy groups -OCH3 is 1. The average molecular weight is 945 g/mol. The molecule has 3 heterocycles. The first-order chi connectivity index (χ1) is 31.7. The molecule has 16 atom stereocenters. The van der Waals surface area contributed by atoms with E-state index in [9.17, 15) is 34.2 Å². The lowest BCUT2D eigenvalue weighted by Gasteiger charge is -2.53. The van der Waals surface area contributed by atoms with Gasteiger partial charge in [0.2, 0.25) is 0 Å². The molecule has 3 saturated heterocycles. The summed E-state index contributed by atoms with van der Waals surface area (Å²) in [6, 6.07) is 8.76. The Morgan fingerprint density at radius 1 is 0.985 bits per heavy atom. The topological polar surface area (TPSA) is 206 Å². The van der Waals surface area contributed by atoms with Crippen molar-refractivity contribution in [2.24, 2.45) is 17.8 Å². The highest BCUT2D eigenvalue weighted by atomic mass is 16.7. The van der Waals surface area contributed by atoms with E-state index in [1.807, 2.05) is 42.2 Å². The van der Waals surface area contributed by atoms with Crippen LogP contribution in [0.5, 0.6) is 0 Å². The van der Waals surface area contributed by atoms with Gasteiger partial charge < -0.3 is 57.8 Å². The maximum Gasteiger partial charge on any atom is 0.309 e. The van der Waals surface area contributed by atoms with Crippen molar-refractivity contribution in [1.29, 1.82) is 0 Å². The molecule has 0 amide bonds. The zero-order valence-electron chi connectivity index (χ0n) is 41.3. The van der Waals surface area contributed by atoms with Crippen LogP contribution in [0.4, 0.5) is 0 Å². The van der Waals surface area contributed by atoms with Crippen molar-refractivity contribution in [2.75, 3.05) is 40.8 Å². The SMILES string of the molecule is CCC(=O)O[C@@H]1CC(=O)O[C@H](C)CCN(CC#Cc2ccccc2)C[C@H](O)[C@H](C)C[C@H](CC=O)[C@H]([C@@H]2O[C@H](C)[C@@H](O[C@@H]3C[C@@](C)(OC(C)=O)[C@@H](OC(=O)CC)[C@H](C)O3)[C@H](N(C)C)[C@H]2O)[C@@H]1OC. The summed E-state index contributed by atoms with van der Waals surface area (Å²) in [5.41, 5.74) is -0.478. The average Bonchev–Trinajstić information content (AvgIpc) is 3.26. The maximum atomic E-state index is 13.8. The number of aldehydes is 1. The number of aliphatic hydroxyl groups is 2. The summed E-state index contributed by atoms with van der Waals surface area (Å²) in [4.78, 5) is 68.3. The summed E-state index contributed by atoms with van der Waals surface area (Å²) < 4.78 is 49.5. The molecule has 0 radical (unpaired) electrons. The Kier molecular flexibility index (Phi) is 21.7. The molecule has 67 heavy (non-hydrogen) atoms. The quantitative estimate of drug-likeness (QED) is 0.125. The molecule has 0 spiro atoms. The smallest absolute Gasteiger partial charge is 0.309 e. The Balaban J connectivity index is 1.75. The van der Waals surface area contributed by atoms with Gasteiger partial charge in [0.25, 0.3) is 0 Å². The van der Waals surface area contributed by atoms with Crippen LogP contribution < -0.4 is 0 Å². The van der Waals surface area contributed by atoms with Gasteiger partial charge in [0.05, 0.1) is 49.5 Å². The Morgan fingerprint density at radius 3 is 2.27 bits per heavy atom. The number of benzene rings is 1. The summed E-state index contributed by atoms with van der Waals surface area (Å²) in [5.74, 6) is 2.10. The lowest BCUT2D eigenvalue weighted by Crippen LogP contribution is -2.67. The van der Waals surface area contributed by atoms with E-state index in [1.54, 1.807) is 60.5 Å². The summed E-state index contributed by atoms with van der Waals surface area (Å²) in [5, 5.41) is 24.6. The van der Waals surface area contributed by atoms with Crippen LogP contribution in [0.1, 0.15) is 106 Å². The fraction of sp³-hybridized carbons (Fsp3) is 0.740. The fourth-order valence-corrected chi connectivity index (χ4v) is 9.85. The van der Waals surface area contributed by atoms with Crippen LogP contribution in [0.3, 0.4) is 0 Å². The zero-order chi connectivity index (χ0) is 49.6. The van der Waals surface area contributed by atoms with E-state index in [2.05, 4.69) is 11.8 Å². The number of hydrogen-bond donors (Lipinski definition) is 2. The molecule has 0 saturated carbocycles. The van der Waals surface area contributed by atoms with E-state index >= 15 is 0 Å². The predicted molar refractivity (Wildman–Crippen MR) is 245 cm³/mol. The van der Waals surface area contributed by atoms with Gasteiger partial charge in [0.15, 0.2) is 18.0 Å². The van der Waals surface area contributed by atoms with Crippen molar-refractivity contribution in [3.63, 3.8) is 0 Å². The lowest BCUT2D eigenvalue weighted by molar-refractivity contribution is -0.319. The minimum atomic E-state index is -1.36. The van der Waals surface area contributed by atoms with Crippen molar-refractivity contribution in [2.45, 2.75) is 179 Å². The second-order valence-electron chi connectivity index (χ2n) is 18.8. The van der Waals surface area contributed by atoms with Crippen molar-refractivity contribution >= 4 is 30.2 Å². The van der Waals surface area contributed by atoms with Gasteiger partial charge in [0.1, 0.15) is 30.7 Å². The molecule has 0 bridgehead atoms. The predicted octanol–water partition coefficient (Wildman–Crippen LogP) is 3.85. The van der Waals surface area contributed by atoms with Gasteiger partial charge in [-0.1, -0.05) is 50.8 Å². The molecule has 2 N–H and O–H groups in total. The first kappa shape index (κ1) is 55.6. The monoisotopic (exact) mass is 945 g/mol. The fourth-order valence-electron chi connectivity index (χ4n) is 9.85. The number of rotatable bonds is 13. The Bertz CT molecular complexity index is 1820. The van der Waals surface area contributed by atoms with Gasteiger partial charge in [-0.05, 0) is 78.6 Å². The summed E-state index contributed by atoms with van der Waals surface area (Å²) in [6.45, 7) is 14.4. The number of nitrogens with zero attached hydrogens (tertiary/aromatic N) is 2. The van der Waals surface area contributed by atoms with E-state index < -0.39 is 127 Å². The molecule has 1 aromatic carbocycles. The third-order valence-electron chi connectivity index (χ3n) is 13.2. The van der Waals surface area contributed by atoms with Crippen molar-refractivity contribution in [3.05, 3.63) is 35.9 Å². The third-order valence-corrected chi connectivity index (χ3v) is 13.2. The molecule has 17 heteroatoms. The number of aliphatic hydroxyl groups excluding tert-OH is 2. The van der Waals surface area contributed by atoms with Crippen LogP contribution in [-0.4, -0.2) is 170 Å². The van der Waals surface area contributed by atoms with E-state index in [0.29, 0.717) is 19.5 Å². The summed E-state index contributed by atoms with van der Waals surface area (Å²) >= 11 is 0. The van der Waals surface area contributed by atoms with Crippen molar-refractivity contribution in [1.82, 2.24) is 9.80 Å². The minimum absolute atomic E-state index is 0.00546. The Morgan fingerprint density at radius 2 is 1.66 bits per heavy atom. The number of ether oxygens (including phenoxy) is 8. The number of hydrogen-bond acceptors (Lipinski definition) is 17. The molecule has 0 aromatic heterocycles. The molecular weight excluding hydrogens is 869 g/mol. The van der Waals surface area contributed by atoms with Crippen LogP contribution in [-0.2, 0) is 61.9 Å². The standard InChI is InChI=1S/C50H76N2O15/c1-12-39(56)64-38-27-41(58)61-31(4)21-24-52(23-17-20-35-18-15-14-16-19-35)29-37(55)30(3)26-36(22-25-53)43(47(38)60-11)48-45(59)44(51(9)10)46(32(5)63-48)66-42-28-50(8,67-34(7)54)49(33(6)62-42)65-40(57)13-2/h14-16,18-19,25,30-33,36-38,42-49,55,59H,12-13,21-24,26-29H2,1-11H3/t30-,31-,32-,33+,36+,37+,38-,42-,43+,44-,45-,46-,47-,48+,49+,50-/m1/s1. The van der Waals surface area contributed by atoms with Gasteiger partial charge >= 0.3 is 23.9 Å². The Hall–Kier alpha value is -3.99. The normalized spacial score (nSPS) is 36.0. The highest BCUT2D eigenvalue weighted by Gasteiger charge is 2.56. The van der Waals surface area contributed by atoms with Crippen molar-refractivity contribution in [3.8, 4) is 11.8 Å². The van der Waals surface area contributed by atoms with E-state index in [-0.39, 0.29) is 38.6 Å². The van der Waals surface area contributed by atoms with Gasteiger partial charge in [-0.2, -0.15) is 0 Å². The van der Waals surface area contributed by atoms with Crippen LogP contribution in [0.15, 0.2) is 30.3 Å². The molecular formula is C50H76N2O15. The molecule has 0 unspecified atom stereocenters. The zero-order valence-corrected chi connectivity index (χ0v) is 41.3. The number of likely N-dealkylation sites (N-methyl/N-ethyl adjacent to an activating group) is 1. The van der Waals surface area contributed by atoms with E-state index in [0.717, 1.165) is 11.8 Å². The number of β-amino-alcohol motifs (C(OH)–C–C–N with tert-alkyl or cyclic N) is 1. The van der Waals surface area contributed by atoms with Crippen LogP contribution in [0.2, 0.25) is 0 Å². The summed E-state index contributed by atoms with van der Waals surface area (Å²) in [7, 11) is 4.97. The van der Waals surface area contributed by atoms with E-state index in [4.69, 9.17) is 37.9 Å². The maximum absolute atomic E-state index is 13.8. The molecule has 1 aromatic rings. The number of carbonyl (C=O) groups excluding carboxylic acids is 5. The highest BCUT2D eigenvalue weighted by Crippen LogP contribution is 2.43. The van der Waals surface area contributed by atoms with E-state index in [1.165, 1.54) is 14.0 Å². The highest BCUT2D eigenvalue weighted by molar-refractivity contribution is 5.73. The second kappa shape index (κ2) is 26.1. The van der Waals surface area contributed by atoms with Gasteiger partial charge in [-0.25, -0.2) is 0 Å². The minimum Gasteiger partial charge on any atom is -0.463 e. The third kappa shape index (κ3) is 15.5. The Labute approximate surface area is 396 Å². The van der Waals surface area contributed by atoms with Crippen LogP contribution >= 0.6 is 0 Å². The lowest BCUT2D eigenvalue weighted by atomic mass is 9.71. The van der Waals surface area contributed by atoms with Crippen molar-refractivity contribution < 1.29 is 72.1 Å². The molecule has 3 aliphatic heterocycles. The molecule has 376 valence electrons. The first-order valence-electron chi connectivity index (χ1n) is 23.7. The number of carbonyl (C=O) groups is 5. The van der Waals surface area contributed by atoms with Gasteiger partial charge in [-0.3, -0.25) is 24.1 Å². The van der Waals surface area contributed by atoms with Gasteiger partial charge in [0, 0.05) is 64.3 Å². The molecule has 0 aliphatic carbocycles.